The molecule has 0 aromatic heterocycles. The lowest BCUT2D eigenvalue weighted by Crippen LogP contribution is -2.29. The van der Waals surface area contributed by atoms with Crippen molar-refractivity contribution >= 4 is 32.4 Å². The molecule has 0 atom stereocenters. The molecule has 1 aliphatic heterocycles. The zero-order chi connectivity index (χ0) is 13.1. The van der Waals surface area contributed by atoms with Gasteiger partial charge in [0.25, 0.3) is 0 Å². The van der Waals surface area contributed by atoms with Crippen LogP contribution < -0.4 is 5.32 Å². The zero-order valence-corrected chi connectivity index (χ0v) is 12.0. The summed E-state index contributed by atoms with van der Waals surface area (Å²) in [5, 5.41) is 12.1. The predicted octanol–water partition coefficient (Wildman–Crippen LogP) is 2.78. The molecule has 3 nitrogen and oxygen atoms in total. The Kier molecular flexibility index (Phi) is 4.36. The summed E-state index contributed by atoms with van der Waals surface area (Å²) in [5.74, 6) is 0.792. The second-order valence-corrected chi connectivity index (χ2v) is 6.80. The van der Waals surface area contributed by atoms with E-state index in [0.717, 1.165) is 12.8 Å². The van der Waals surface area contributed by atoms with E-state index in [1.54, 1.807) is 6.07 Å². The second-order valence-electron chi connectivity index (χ2n) is 4.19. The Balaban J connectivity index is 2.18. The zero-order valence-electron chi connectivity index (χ0n) is 9.58. The third-order valence-electron chi connectivity index (χ3n) is 2.91. The number of hydrogen-bond donors (Lipinski definition) is 1. The van der Waals surface area contributed by atoms with Crippen molar-refractivity contribution < 1.29 is 8.60 Å². The van der Waals surface area contributed by atoms with Crippen molar-refractivity contribution in [2.24, 2.45) is 0 Å². The van der Waals surface area contributed by atoms with Crippen molar-refractivity contribution in [1.29, 1.82) is 5.26 Å². The first-order valence-corrected chi connectivity index (χ1v) is 7.89. The van der Waals surface area contributed by atoms with Gasteiger partial charge >= 0.3 is 0 Å². The van der Waals surface area contributed by atoms with Crippen LogP contribution in [0.5, 0.6) is 0 Å². The van der Waals surface area contributed by atoms with Gasteiger partial charge in [0.1, 0.15) is 17.4 Å². The van der Waals surface area contributed by atoms with Crippen LogP contribution in [-0.2, 0) is 10.8 Å². The highest BCUT2D eigenvalue weighted by atomic mass is 79.9. The number of nitriles is 1. The smallest absolute Gasteiger partial charge is 0.144 e. The monoisotopic (exact) mass is 330 g/mol. The van der Waals surface area contributed by atoms with Gasteiger partial charge in [-0.3, -0.25) is 4.21 Å². The van der Waals surface area contributed by atoms with Gasteiger partial charge in [-0.15, -0.1) is 0 Å². The number of nitrogens with zero attached hydrogens (tertiary/aromatic N) is 1. The molecule has 96 valence electrons. The second kappa shape index (κ2) is 5.81. The van der Waals surface area contributed by atoms with E-state index in [1.165, 1.54) is 6.07 Å². The molecule has 0 amide bonds. The lowest BCUT2D eigenvalue weighted by molar-refractivity contribution is 0.614. The van der Waals surface area contributed by atoms with Crippen LogP contribution in [0.25, 0.3) is 0 Å². The molecule has 1 fully saturated rings. The molecule has 1 aromatic carbocycles. The largest absolute Gasteiger partial charge is 0.381 e. The van der Waals surface area contributed by atoms with E-state index in [2.05, 4.69) is 21.2 Å². The normalized spacial score (nSPS) is 23.4. The molecule has 1 aromatic rings. The molecule has 0 unspecified atom stereocenters. The molecule has 2 rings (SSSR count). The summed E-state index contributed by atoms with van der Waals surface area (Å²) in [7, 11) is -0.723. The molecule has 0 aliphatic carbocycles. The highest BCUT2D eigenvalue weighted by Crippen LogP contribution is 2.26. The quantitative estimate of drug-likeness (QED) is 0.907. The fraction of sp³-hybridized carbons (Fsp3) is 0.417. The maximum Gasteiger partial charge on any atom is 0.144 e. The molecule has 1 aliphatic rings. The summed E-state index contributed by atoms with van der Waals surface area (Å²) in [6.07, 6.45) is 1.57. The summed E-state index contributed by atoms with van der Waals surface area (Å²) in [6, 6.07) is 5.01. The third-order valence-corrected chi connectivity index (χ3v) is 4.75. The molecule has 0 saturated carbocycles. The Hall–Kier alpha value is -0.930. The first kappa shape index (κ1) is 13.5. The summed E-state index contributed by atoms with van der Waals surface area (Å²) >= 11 is 3.21. The van der Waals surface area contributed by atoms with Crippen LogP contribution in [0.4, 0.5) is 10.1 Å². The van der Waals surface area contributed by atoms with Crippen molar-refractivity contribution in [3.63, 3.8) is 0 Å². The summed E-state index contributed by atoms with van der Waals surface area (Å²) in [6.45, 7) is 0. The van der Waals surface area contributed by atoms with Crippen LogP contribution in [0.3, 0.4) is 0 Å². The van der Waals surface area contributed by atoms with Gasteiger partial charge in [-0.05, 0) is 25.0 Å². The van der Waals surface area contributed by atoms with E-state index in [4.69, 9.17) is 5.26 Å². The molecule has 6 heteroatoms. The molecule has 0 bridgehead atoms. The number of anilines is 1. The molecule has 1 heterocycles. The molecule has 1 N–H and O–H groups in total. The molecule has 18 heavy (non-hydrogen) atoms. The van der Waals surface area contributed by atoms with Gasteiger partial charge in [0.15, 0.2) is 0 Å². The summed E-state index contributed by atoms with van der Waals surface area (Å²) in [5.41, 5.74) is 0.534. The van der Waals surface area contributed by atoms with Gasteiger partial charge in [-0.1, -0.05) is 15.9 Å². The lowest BCUT2D eigenvalue weighted by atomic mass is 10.1. The van der Waals surface area contributed by atoms with Gasteiger partial charge in [-0.2, -0.15) is 5.26 Å². The molecule has 0 spiro atoms. The van der Waals surface area contributed by atoms with Gasteiger partial charge < -0.3 is 5.32 Å². The molecular formula is C12H12BrFN2OS. The van der Waals surface area contributed by atoms with Gasteiger partial charge in [0, 0.05) is 32.8 Å². The average Bonchev–Trinajstić information content (AvgIpc) is 2.32. The van der Waals surface area contributed by atoms with Crippen molar-refractivity contribution in [3.05, 3.63) is 28.0 Å². The maximum atomic E-state index is 13.6. The minimum atomic E-state index is -0.723. The third kappa shape index (κ3) is 3.09. The van der Waals surface area contributed by atoms with E-state index in [0.29, 0.717) is 21.7 Å². The molecule has 1 saturated heterocycles. The van der Waals surface area contributed by atoms with E-state index >= 15 is 0 Å². The van der Waals surface area contributed by atoms with Crippen LogP contribution >= 0.6 is 15.9 Å². The van der Waals surface area contributed by atoms with Crippen LogP contribution in [0.2, 0.25) is 0 Å². The fourth-order valence-electron chi connectivity index (χ4n) is 1.96. The van der Waals surface area contributed by atoms with E-state index in [-0.39, 0.29) is 11.6 Å². The maximum absolute atomic E-state index is 13.6. The summed E-state index contributed by atoms with van der Waals surface area (Å²) in [4.78, 5) is 0. The minimum Gasteiger partial charge on any atom is -0.381 e. The Morgan fingerprint density at radius 2 is 2.11 bits per heavy atom. The molecular weight excluding hydrogens is 319 g/mol. The minimum absolute atomic E-state index is 0.0323. The lowest BCUT2D eigenvalue weighted by Gasteiger charge is -2.24. The Bertz CT molecular complexity index is 520. The van der Waals surface area contributed by atoms with Gasteiger partial charge in [-0.25, -0.2) is 4.39 Å². The van der Waals surface area contributed by atoms with Crippen molar-refractivity contribution in [2.45, 2.75) is 18.9 Å². The SMILES string of the molecule is N#Cc1c(F)cc(Br)cc1NC1CCS(=O)CC1. The van der Waals surface area contributed by atoms with Gasteiger partial charge in [0.2, 0.25) is 0 Å². The van der Waals surface area contributed by atoms with Crippen LogP contribution in [0.1, 0.15) is 18.4 Å². The van der Waals surface area contributed by atoms with Crippen LogP contribution in [-0.4, -0.2) is 21.8 Å². The van der Waals surface area contributed by atoms with E-state index in [1.807, 2.05) is 6.07 Å². The van der Waals surface area contributed by atoms with Crippen molar-refractivity contribution in [2.75, 3.05) is 16.8 Å². The van der Waals surface area contributed by atoms with E-state index < -0.39 is 16.6 Å². The molecule has 0 radical (unpaired) electrons. The first-order chi connectivity index (χ1) is 8.60. The topological polar surface area (TPSA) is 52.9 Å². The van der Waals surface area contributed by atoms with Crippen LogP contribution in [0, 0.1) is 17.1 Å². The number of benzene rings is 1. The van der Waals surface area contributed by atoms with E-state index in [9.17, 15) is 8.60 Å². The predicted molar refractivity (Wildman–Crippen MR) is 73.3 cm³/mol. The number of halogens is 2. The van der Waals surface area contributed by atoms with Crippen molar-refractivity contribution in [3.8, 4) is 6.07 Å². The first-order valence-electron chi connectivity index (χ1n) is 5.61. The number of hydrogen-bond acceptors (Lipinski definition) is 3. The number of nitrogens with one attached hydrogen (secondary N) is 1. The standard InChI is InChI=1S/C12H12BrFN2OS/c13-8-5-11(14)10(7-15)12(6-8)16-9-1-3-18(17)4-2-9/h5-6,9,16H,1-4H2. The average molecular weight is 331 g/mol. The van der Waals surface area contributed by atoms with Crippen molar-refractivity contribution in [1.82, 2.24) is 0 Å². The highest BCUT2D eigenvalue weighted by Gasteiger charge is 2.19. The van der Waals surface area contributed by atoms with Gasteiger partial charge in [0.05, 0.1) is 5.69 Å². The Labute approximate surface area is 116 Å². The Morgan fingerprint density at radius 3 is 2.72 bits per heavy atom. The highest BCUT2D eigenvalue weighted by molar-refractivity contribution is 9.10. The summed E-state index contributed by atoms with van der Waals surface area (Å²) < 4.78 is 25.4. The number of rotatable bonds is 2. The Morgan fingerprint density at radius 1 is 1.44 bits per heavy atom. The fourth-order valence-corrected chi connectivity index (χ4v) is 3.69. The van der Waals surface area contributed by atoms with Crippen LogP contribution in [0.15, 0.2) is 16.6 Å².